The topological polar surface area (TPSA) is 3.24 Å². The molecule has 1 aliphatic heterocycles. The second-order valence-corrected chi connectivity index (χ2v) is 4.36. The maximum Gasteiger partial charge on any atom is 0.0484 e. The smallest absolute Gasteiger partial charge is 0.0484 e. The lowest BCUT2D eigenvalue weighted by Crippen LogP contribution is -2.24. The van der Waals surface area contributed by atoms with Gasteiger partial charge in [-0.2, -0.15) is 0 Å². The zero-order chi connectivity index (χ0) is 11.1. The van der Waals surface area contributed by atoms with Crippen LogP contribution in [0.5, 0.6) is 0 Å². The van der Waals surface area contributed by atoms with Crippen LogP contribution in [0.25, 0.3) is 5.57 Å². The van der Waals surface area contributed by atoms with Crippen LogP contribution in [-0.4, -0.2) is 7.05 Å². The van der Waals surface area contributed by atoms with Gasteiger partial charge in [0.1, 0.15) is 0 Å². The molecule has 0 atom stereocenters. The largest absolute Gasteiger partial charge is 0.344 e. The molecule has 3 rings (SSSR count). The Balaban J connectivity index is 2.29. The van der Waals surface area contributed by atoms with Gasteiger partial charge in [-0.25, -0.2) is 0 Å². The Labute approximate surface area is 96.4 Å². The predicted octanol–water partition coefficient (Wildman–Crippen LogP) is 3.75. The molecule has 0 saturated heterocycles. The van der Waals surface area contributed by atoms with Gasteiger partial charge in [0, 0.05) is 24.0 Å². The molecule has 0 saturated carbocycles. The molecule has 0 amide bonds. The van der Waals surface area contributed by atoms with Crippen molar-refractivity contribution in [3.63, 3.8) is 0 Å². The third-order valence-electron chi connectivity index (χ3n) is 3.50. The van der Waals surface area contributed by atoms with Crippen LogP contribution in [-0.2, 0) is 0 Å². The molecular weight excluding hydrogens is 194 g/mol. The fourth-order valence-corrected chi connectivity index (χ4v) is 2.59. The van der Waals surface area contributed by atoms with Gasteiger partial charge >= 0.3 is 0 Å². The maximum absolute atomic E-state index is 2.29. The zero-order valence-electron chi connectivity index (χ0n) is 9.70. The SMILES string of the molecule is CC1=C2CC=CC=C2N(C)c2ccccc21. The van der Waals surface area contributed by atoms with E-state index in [1.54, 1.807) is 0 Å². The molecule has 1 nitrogen and oxygen atoms in total. The summed E-state index contributed by atoms with van der Waals surface area (Å²) >= 11 is 0. The normalized spacial score (nSPS) is 18.1. The summed E-state index contributed by atoms with van der Waals surface area (Å²) < 4.78 is 0. The van der Waals surface area contributed by atoms with Crippen LogP contribution < -0.4 is 4.90 Å². The van der Waals surface area contributed by atoms with Crippen molar-refractivity contribution >= 4 is 11.3 Å². The first-order valence-corrected chi connectivity index (χ1v) is 5.69. The molecule has 0 bridgehead atoms. The second kappa shape index (κ2) is 3.38. The van der Waals surface area contributed by atoms with Crippen LogP contribution in [0.1, 0.15) is 18.9 Å². The Morgan fingerprint density at radius 3 is 2.88 bits per heavy atom. The number of hydrogen-bond acceptors (Lipinski definition) is 1. The fourth-order valence-electron chi connectivity index (χ4n) is 2.59. The maximum atomic E-state index is 2.29. The van der Waals surface area contributed by atoms with Crippen LogP contribution in [0.2, 0.25) is 0 Å². The summed E-state index contributed by atoms with van der Waals surface area (Å²) in [7, 11) is 2.15. The summed E-state index contributed by atoms with van der Waals surface area (Å²) in [5.41, 5.74) is 6.91. The minimum absolute atomic E-state index is 1.05. The van der Waals surface area contributed by atoms with Crippen molar-refractivity contribution in [3.8, 4) is 0 Å². The third kappa shape index (κ3) is 1.18. The van der Waals surface area contributed by atoms with Gasteiger partial charge in [-0.3, -0.25) is 0 Å². The number of fused-ring (bicyclic) bond motifs is 2. The molecule has 0 aromatic heterocycles. The number of likely N-dealkylation sites (N-methyl/N-ethyl adjacent to an activating group) is 1. The minimum atomic E-state index is 1.05. The lowest BCUT2D eigenvalue weighted by molar-refractivity contribution is 1.03. The molecule has 0 radical (unpaired) electrons. The Hall–Kier alpha value is -1.76. The molecule has 0 fully saturated rings. The monoisotopic (exact) mass is 209 g/mol. The number of para-hydroxylation sites is 1. The Bertz CT molecular complexity index is 532. The number of rotatable bonds is 0. The highest BCUT2D eigenvalue weighted by atomic mass is 15.1. The second-order valence-electron chi connectivity index (χ2n) is 4.36. The van der Waals surface area contributed by atoms with E-state index in [2.05, 4.69) is 61.4 Å². The molecule has 80 valence electrons. The summed E-state index contributed by atoms with van der Waals surface area (Å²) in [6.45, 7) is 2.23. The van der Waals surface area contributed by atoms with Gasteiger partial charge in [0.25, 0.3) is 0 Å². The van der Waals surface area contributed by atoms with Crippen molar-refractivity contribution in [1.29, 1.82) is 0 Å². The summed E-state index contributed by atoms with van der Waals surface area (Å²) in [5, 5.41) is 0. The molecule has 1 aromatic rings. The lowest BCUT2D eigenvalue weighted by atomic mass is 9.88. The molecule has 1 heteroatoms. The van der Waals surface area contributed by atoms with Gasteiger partial charge < -0.3 is 4.90 Å². The first-order chi connectivity index (χ1) is 7.79. The summed E-state index contributed by atoms with van der Waals surface area (Å²) in [6, 6.07) is 8.62. The van der Waals surface area contributed by atoms with Crippen molar-refractivity contribution in [2.24, 2.45) is 0 Å². The molecule has 0 spiro atoms. The average molecular weight is 209 g/mol. The van der Waals surface area contributed by atoms with Crippen molar-refractivity contribution in [3.05, 3.63) is 59.3 Å². The number of anilines is 1. The van der Waals surface area contributed by atoms with Gasteiger partial charge in [-0.1, -0.05) is 30.4 Å². The van der Waals surface area contributed by atoms with E-state index in [4.69, 9.17) is 0 Å². The highest BCUT2D eigenvalue weighted by Crippen LogP contribution is 2.41. The minimum Gasteiger partial charge on any atom is -0.344 e. The third-order valence-corrected chi connectivity index (χ3v) is 3.50. The van der Waals surface area contributed by atoms with Crippen LogP contribution in [0, 0.1) is 0 Å². The molecule has 0 unspecified atom stereocenters. The van der Waals surface area contributed by atoms with E-state index >= 15 is 0 Å². The van der Waals surface area contributed by atoms with E-state index in [0.29, 0.717) is 0 Å². The number of allylic oxidation sites excluding steroid dienone is 5. The zero-order valence-corrected chi connectivity index (χ0v) is 9.70. The van der Waals surface area contributed by atoms with Crippen molar-refractivity contribution < 1.29 is 0 Å². The van der Waals surface area contributed by atoms with E-state index in [1.807, 2.05) is 0 Å². The Kier molecular flexibility index (Phi) is 2.00. The number of hydrogen-bond donors (Lipinski definition) is 0. The average Bonchev–Trinajstić information content (AvgIpc) is 2.36. The Morgan fingerprint density at radius 2 is 2.00 bits per heavy atom. The van der Waals surface area contributed by atoms with Crippen molar-refractivity contribution in [2.75, 3.05) is 11.9 Å². The van der Waals surface area contributed by atoms with Crippen LogP contribution >= 0.6 is 0 Å². The molecule has 1 aliphatic carbocycles. The van der Waals surface area contributed by atoms with E-state index in [1.165, 1.54) is 28.1 Å². The Morgan fingerprint density at radius 1 is 1.19 bits per heavy atom. The highest BCUT2D eigenvalue weighted by molar-refractivity contribution is 5.86. The molecule has 1 heterocycles. The first kappa shape index (κ1) is 9.46. The van der Waals surface area contributed by atoms with E-state index in [-0.39, 0.29) is 0 Å². The molecule has 16 heavy (non-hydrogen) atoms. The van der Waals surface area contributed by atoms with Crippen LogP contribution in [0.4, 0.5) is 5.69 Å². The van der Waals surface area contributed by atoms with Crippen molar-refractivity contribution in [1.82, 2.24) is 0 Å². The van der Waals surface area contributed by atoms with E-state index in [0.717, 1.165) is 6.42 Å². The van der Waals surface area contributed by atoms with E-state index in [9.17, 15) is 0 Å². The molecule has 1 aromatic carbocycles. The van der Waals surface area contributed by atoms with Gasteiger partial charge in [-0.05, 0) is 36.6 Å². The molecular formula is C15H15N. The first-order valence-electron chi connectivity index (χ1n) is 5.69. The fraction of sp³-hybridized carbons (Fsp3) is 0.200. The van der Waals surface area contributed by atoms with Gasteiger partial charge in [0.2, 0.25) is 0 Å². The lowest BCUT2D eigenvalue weighted by Gasteiger charge is -2.34. The van der Waals surface area contributed by atoms with E-state index < -0.39 is 0 Å². The summed E-state index contributed by atoms with van der Waals surface area (Å²) in [4.78, 5) is 2.29. The van der Waals surface area contributed by atoms with Gasteiger partial charge in [0.15, 0.2) is 0 Å². The standard InChI is InChI=1S/C15H15N/c1-11-12-7-3-5-9-14(12)16(2)15-10-6-4-8-13(11)15/h3-7,9-10H,8H2,1-2H3. The number of nitrogens with zero attached hydrogens (tertiary/aromatic N) is 1. The van der Waals surface area contributed by atoms with Crippen LogP contribution in [0.3, 0.4) is 0 Å². The summed E-state index contributed by atoms with van der Waals surface area (Å²) in [5.74, 6) is 0. The molecule has 2 aliphatic rings. The van der Waals surface area contributed by atoms with Gasteiger partial charge in [-0.15, -0.1) is 0 Å². The van der Waals surface area contributed by atoms with Crippen LogP contribution in [0.15, 0.2) is 53.8 Å². The van der Waals surface area contributed by atoms with Gasteiger partial charge in [0.05, 0.1) is 0 Å². The number of benzene rings is 1. The van der Waals surface area contributed by atoms with Crippen molar-refractivity contribution in [2.45, 2.75) is 13.3 Å². The summed E-state index contributed by atoms with van der Waals surface area (Å²) in [6.07, 6.45) is 7.63. The molecule has 0 N–H and O–H groups in total. The predicted molar refractivity (Wildman–Crippen MR) is 69.3 cm³/mol. The quantitative estimate of drug-likeness (QED) is 0.629. The highest BCUT2D eigenvalue weighted by Gasteiger charge is 2.23.